The fourth-order valence-corrected chi connectivity index (χ4v) is 2.14. The summed E-state index contributed by atoms with van der Waals surface area (Å²) in [7, 11) is 6.02. The standard InChI is InChI=1S/C12H28N4O/c1-14-4-7-16(8-5-14)9-6-15(2)10-12(13)11-17-3/h12H,4-11,13H2,1-3H3. The normalized spacial score (nSPS) is 21.0. The topological polar surface area (TPSA) is 45.0 Å². The van der Waals surface area contributed by atoms with Crippen molar-refractivity contribution < 1.29 is 4.74 Å². The summed E-state index contributed by atoms with van der Waals surface area (Å²) < 4.78 is 5.04. The van der Waals surface area contributed by atoms with E-state index in [1.165, 1.54) is 26.2 Å². The van der Waals surface area contributed by atoms with Crippen molar-refractivity contribution in [3.05, 3.63) is 0 Å². The molecular formula is C12H28N4O. The molecule has 1 aliphatic rings. The summed E-state index contributed by atoms with van der Waals surface area (Å²) in [5.74, 6) is 0. The minimum Gasteiger partial charge on any atom is -0.383 e. The van der Waals surface area contributed by atoms with Gasteiger partial charge in [0.2, 0.25) is 0 Å². The van der Waals surface area contributed by atoms with E-state index in [0.29, 0.717) is 6.61 Å². The summed E-state index contributed by atoms with van der Waals surface area (Å²) in [6, 6.07) is 0.123. The number of nitrogens with zero attached hydrogens (tertiary/aromatic N) is 3. The minimum absolute atomic E-state index is 0.123. The zero-order chi connectivity index (χ0) is 12.7. The molecule has 0 aromatic carbocycles. The van der Waals surface area contributed by atoms with Crippen molar-refractivity contribution in [1.82, 2.24) is 14.7 Å². The van der Waals surface area contributed by atoms with Gasteiger partial charge in [0.05, 0.1) is 6.61 Å². The van der Waals surface area contributed by atoms with Gasteiger partial charge in [-0.25, -0.2) is 0 Å². The van der Waals surface area contributed by atoms with Gasteiger partial charge < -0.3 is 20.3 Å². The summed E-state index contributed by atoms with van der Waals surface area (Å²) in [5, 5.41) is 0. The zero-order valence-corrected chi connectivity index (χ0v) is 11.6. The van der Waals surface area contributed by atoms with Gasteiger partial charge in [-0.1, -0.05) is 0 Å². The van der Waals surface area contributed by atoms with Crippen molar-refractivity contribution in [3.63, 3.8) is 0 Å². The highest BCUT2D eigenvalue weighted by molar-refractivity contribution is 4.71. The number of nitrogens with two attached hydrogens (primary N) is 1. The molecule has 0 amide bonds. The molecule has 0 bridgehead atoms. The van der Waals surface area contributed by atoms with Gasteiger partial charge in [0.15, 0.2) is 0 Å². The minimum atomic E-state index is 0.123. The molecule has 0 aliphatic carbocycles. The van der Waals surface area contributed by atoms with E-state index in [0.717, 1.165) is 19.6 Å². The molecule has 1 aliphatic heterocycles. The Hall–Kier alpha value is -0.200. The Morgan fingerprint density at radius 1 is 1.29 bits per heavy atom. The highest BCUT2D eigenvalue weighted by Gasteiger charge is 2.14. The lowest BCUT2D eigenvalue weighted by Gasteiger charge is -2.33. The Labute approximate surface area is 105 Å². The molecule has 102 valence electrons. The van der Waals surface area contributed by atoms with E-state index in [1.807, 2.05) is 0 Å². The number of piperazine rings is 1. The van der Waals surface area contributed by atoms with E-state index in [2.05, 4.69) is 28.8 Å². The van der Waals surface area contributed by atoms with Crippen LogP contribution in [0.15, 0.2) is 0 Å². The predicted molar refractivity (Wildman–Crippen MR) is 71.3 cm³/mol. The molecule has 2 N–H and O–H groups in total. The SMILES string of the molecule is COCC(N)CN(C)CCN1CCN(C)CC1. The first-order valence-corrected chi connectivity index (χ1v) is 6.45. The van der Waals surface area contributed by atoms with Gasteiger partial charge in [0.25, 0.3) is 0 Å². The molecule has 1 heterocycles. The van der Waals surface area contributed by atoms with E-state index in [1.54, 1.807) is 7.11 Å². The molecule has 5 nitrogen and oxygen atoms in total. The van der Waals surface area contributed by atoms with Crippen LogP contribution in [0.5, 0.6) is 0 Å². The van der Waals surface area contributed by atoms with Gasteiger partial charge in [-0.2, -0.15) is 0 Å². The van der Waals surface area contributed by atoms with Crippen molar-refractivity contribution in [3.8, 4) is 0 Å². The van der Waals surface area contributed by atoms with Crippen LogP contribution in [0.3, 0.4) is 0 Å². The van der Waals surface area contributed by atoms with Crippen molar-refractivity contribution in [1.29, 1.82) is 0 Å². The van der Waals surface area contributed by atoms with Crippen LogP contribution in [-0.4, -0.2) is 94.4 Å². The van der Waals surface area contributed by atoms with Crippen molar-refractivity contribution >= 4 is 0 Å². The molecule has 1 fully saturated rings. The highest BCUT2D eigenvalue weighted by atomic mass is 16.5. The summed E-state index contributed by atoms with van der Waals surface area (Å²) in [4.78, 5) is 7.20. The Balaban J connectivity index is 2.08. The third-order valence-corrected chi connectivity index (χ3v) is 3.32. The second-order valence-electron chi connectivity index (χ2n) is 5.12. The van der Waals surface area contributed by atoms with Crippen LogP contribution in [0, 0.1) is 0 Å². The number of hydrogen-bond acceptors (Lipinski definition) is 5. The molecule has 1 rings (SSSR count). The van der Waals surface area contributed by atoms with Crippen LogP contribution in [0.4, 0.5) is 0 Å². The maximum atomic E-state index is 5.93. The van der Waals surface area contributed by atoms with E-state index in [9.17, 15) is 0 Å². The molecule has 0 saturated carbocycles. The number of likely N-dealkylation sites (N-methyl/N-ethyl adjacent to an activating group) is 2. The molecule has 0 aromatic heterocycles. The van der Waals surface area contributed by atoms with Crippen LogP contribution in [0.2, 0.25) is 0 Å². The van der Waals surface area contributed by atoms with Gasteiger partial charge in [-0.15, -0.1) is 0 Å². The smallest absolute Gasteiger partial charge is 0.0626 e. The van der Waals surface area contributed by atoms with Gasteiger partial charge in [-0.3, -0.25) is 4.90 Å². The Morgan fingerprint density at radius 3 is 2.53 bits per heavy atom. The summed E-state index contributed by atoms with van der Waals surface area (Å²) >= 11 is 0. The average Bonchev–Trinajstić information content (AvgIpc) is 2.28. The largest absolute Gasteiger partial charge is 0.383 e. The number of rotatable bonds is 7. The maximum Gasteiger partial charge on any atom is 0.0626 e. The van der Waals surface area contributed by atoms with Crippen LogP contribution < -0.4 is 5.73 Å². The van der Waals surface area contributed by atoms with Crippen LogP contribution >= 0.6 is 0 Å². The lowest BCUT2D eigenvalue weighted by molar-refractivity contribution is 0.130. The summed E-state index contributed by atoms with van der Waals surface area (Å²) in [6.45, 7) is 8.52. The second-order valence-corrected chi connectivity index (χ2v) is 5.12. The third-order valence-electron chi connectivity index (χ3n) is 3.32. The molecule has 1 saturated heterocycles. The Bertz CT molecular complexity index is 195. The summed E-state index contributed by atoms with van der Waals surface area (Å²) in [5.41, 5.74) is 5.93. The van der Waals surface area contributed by atoms with Gasteiger partial charge in [0.1, 0.15) is 0 Å². The van der Waals surface area contributed by atoms with Crippen molar-refractivity contribution in [2.75, 3.05) is 73.6 Å². The van der Waals surface area contributed by atoms with Gasteiger partial charge in [-0.05, 0) is 14.1 Å². The van der Waals surface area contributed by atoms with Gasteiger partial charge >= 0.3 is 0 Å². The van der Waals surface area contributed by atoms with E-state index in [4.69, 9.17) is 10.5 Å². The van der Waals surface area contributed by atoms with Crippen LogP contribution in [-0.2, 0) is 4.74 Å². The highest BCUT2D eigenvalue weighted by Crippen LogP contribution is 1.99. The number of ether oxygens (including phenoxy) is 1. The maximum absolute atomic E-state index is 5.93. The molecule has 0 radical (unpaired) electrons. The number of hydrogen-bond donors (Lipinski definition) is 1. The van der Waals surface area contributed by atoms with E-state index < -0.39 is 0 Å². The zero-order valence-electron chi connectivity index (χ0n) is 11.6. The van der Waals surface area contributed by atoms with Crippen molar-refractivity contribution in [2.45, 2.75) is 6.04 Å². The molecule has 1 unspecified atom stereocenters. The molecule has 0 aromatic rings. The Kier molecular flexibility index (Phi) is 6.99. The fraction of sp³-hybridized carbons (Fsp3) is 1.00. The fourth-order valence-electron chi connectivity index (χ4n) is 2.14. The average molecular weight is 244 g/mol. The first-order valence-electron chi connectivity index (χ1n) is 6.45. The Morgan fingerprint density at radius 2 is 1.94 bits per heavy atom. The monoisotopic (exact) mass is 244 g/mol. The molecule has 1 atom stereocenters. The molecule has 17 heavy (non-hydrogen) atoms. The van der Waals surface area contributed by atoms with Crippen molar-refractivity contribution in [2.24, 2.45) is 5.73 Å². The van der Waals surface area contributed by atoms with Gasteiger partial charge in [0, 0.05) is 59.0 Å². The third kappa shape index (κ3) is 6.33. The molecule has 5 heteroatoms. The first kappa shape index (κ1) is 14.9. The molecular weight excluding hydrogens is 216 g/mol. The predicted octanol–water partition coefficient (Wildman–Crippen LogP) is -0.861. The van der Waals surface area contributed by atoms with E-state index in [-0.39, 0.29) is 6.04 Å². The first-order chi connectivity index (χ1) is 8.11. The number of methoxy groups -OCH3 is 1. The van der Waals surface area contributed by atoms with E-state index >= 15 is 0 Å². The summed E-state index contributed by atoms with van der Waals surface area (Å²) in [6.07, 6.45) is 0. The second kappa shape index (κ2) is 8.00. The van der Waals surface area contributed by atoms with Crippen LogP contribution in [0.25, 0.3) is 0 Å². The molecule has 0 spiro atoms. The lowest BCUT2D eigenvalue weighted by atomic mass is 10.3. The quantitative estimate of drug-likeness (QED) is 0.631. The van der Waals surface area contributed by atoms with Crippen LogP contribution in [0.1, 0.15) is 0 Å². The lowest BCUT2D eigenvalue weighted by Crippen LogP contribution is -2.47.